The van der Waals surface area contributed by atoms with Crippen LogP contribution in [0.4, 0.5) is 5.69 Å². The summed E-state index contributed by atoms with van der Waals surface area (Å²) in [5.74, 6) is 1.25. The van der Waals surface area contributed by atoms with Crippen molar-refractivity contribution in [2.45, 2.75) is 53.6 Å². The predicted molar refractivity (Wildman–Crippen MR) is 158 cm³/mol. The standard InChI is InChI=1S/C30H31ClN4O5/c1-7-39-27-12-19(6)23(15-22(27)17(2)3)29-33-25-11-9-8-10-21(25)30(36)34(29)32-16-20-13-24(31)28(40-18(4)5)26(14-20)35(37)38/h8-18H,7H2,1-6H3. The molecule has 3 aromatic carbocycles. The number of hydrogen-bond donors (Lipinski definition) is 0. The van der Waals surface area contributed by atoms with Gasteiger partial charge in [-0.05, 0) is 75.1 Å². The first-order valence-electron chi connectivity index (χ1n) is 13.0. The third-order valence-corrected chi connectivity index (χ3v) is 6.47. The molecule has 0 fully saturated rings. The van der Waals surface area contributed by atoms with Crippen LogP contribution in [0.15, 0.2) is 58.4 Å². The summed E-state index contributed by atoms with van der Waals surface area (Å²) >= 11 is 6.37. The first-order chi connectivity index (χ1) is 19.0. The zero-order chi connectivity index (χ0) is 29.1. The molecular formula is C30H31ClN4O5. The van der Waals surface area contributed by atoms with Crippen LogP contribution in [-0.2, 0) is 0 Å². The Morgan fingerprint density at radius 2 is 1.88 bits per heavy atom. The molecule has 0 radical (unpaired) electrons. The number of para-hydroxylation sites is 1. The summed E-state index contributed by atoms with van der Waals surface area (Å²) in [5.41, 5.74) is 2.73. The van der Waals surface area contributed by atoms with Crippen molar-refractivity contribution >= 4 is 34.4 Å². The van der Waals surface area contributed by atoms with Gasteiger partial charge in [-0.25, -0.2) is 4.98 Å². The van der Waals surface area contributed by atoms with Crippen molar-refractivity contribution in [1.82, 2.24) is 9.66 Å². The number of rotatable bonds is 9. The topological polar surface area (TPSA) is 109 Å². The van der Waals surface area contributed by atoms with Crippen LogP contribution in [-0.4, -0.2) is 33.5 Å². The van der Waals surface area contributed by atoms with Gasteiger partial charge in [-0.3, -0.25) is 14.9 Å². The van der Waals surface area contributed by atoms with E-state index in [1.165, 1.54) is 23.0 Å². The van der Waals surface area contributed by atoms with Crippen LogP contribution in [0.2, 0.25) is 5.02 Å². The molecule has 1 heterocycles. The van der Waals surface area contributed by atoms with Crippen LogP contribution < -0.4 is 15.0 Å². The van der Waals surface area contributed by atoms with Gasteiger partial charge in [0.1, 0.15) is 5.75 Å². The quantitative estimate of drug-likeness (QED) is 0.122. The van der Waals surface area contributed by atoms with E-state index in [1.807, 2.05) is 32.0 Å². The lowest BCUT2D eigenvalue weighted by Crippen LogP contribution is -2.21. The van der Waals surface area contributed by atoms with Gasteiger partial charge >= 0.3 is 5.69 Å². The summed E-state index contributed by atoms with van der Waals surface area (Å²) in [5, 5.41) is 16.7. The average Bonchev–Trinajstić information content (AvgIpc) is 2.89. The highest BCUT2D eigenvalue weighted by Gasteiger charge is 2.22. The molecule has 10 heteroatoms. The fourth-order valence-corrected chi connectivity index (χ4v) is 4.63. The second kappa shape index (κ2) is 11.9. The number of aromatic nitrogens is 2. The molecule has 0 saturated heterocycles. The second-order valence-corrected chi connectivity index (χ2v) is 10.3. The number of nitro groups is 1. The van der Waals surface area contributed by atoms with E-state index in [9.17, 15) is 14.9 Å². The Kier molecular flexibility index (Phi) is 8.54. The van der Waals surface area contributed by atoms with Crippen LogP contribution in [0, 0.1) is 17.0 Å². The van der Waals surface area contributed by atoms with E-state index in [4.69, 9.17) is 26.1 Å². The number of fused-ring (bicyclic) bond motifs is 1. The Morgan fingerprint density at radius 3 is 2.52 bits per heavy atom. The van der Waals surface area contributed by atoms with E-state index in [0.29, 0.717) is 28.9 Å². The molecule has 0 saturated carbocycles. The van der Waals surface area contributed by atoms with Crippen LogP contribution in [0.5, 0.6) is 11.5 Å². The van der Waals surface area contributed by atoms with E-state index in [1.54, 1.807) is 32.0 Å². The molecule has 208 valence electrons. The smallest absolute Gasteiger partial charge is 0.313 e. The Balaban J connectivity index is 1.94. The molecule has 0 spiro atoms. The minimum absolute atomic E-state index is 0.0183. The van der Waals surface area contributed by atoms with Crippen molar-refractivity contribution in [2.24, 2.45) is 5.10 Å². The third kappa shape index (κ3) is 5.84. The van der Waals surface area contributed by atoms with Crippen LogP contribution in [0.1, 0.15) is 57.2 Å². The Hall–Kier alpha value is -4.24. The van der Waals surface area contributed by atoms with Crippen molar-refractivity contribution in [3.63, 3.8) is 0 Å². The first kappa shape index (κ1) is 28.8. The molecule has 4 rings (SSSR count). The summed E-state index contributed by atoms with van der Waals surface area (Å²) in [4.78, 5) is 29.7. The number of nitro benzene ring substituents is 1. The molecule has 0 aliphatic heterocycles. The average molecular weight is 563 g/mol. The number of ether oxygens (including phenoxy) is 2. The second-order valence-electron chi connectivity index (χ2n) is 9.88. The molecule has 9 nitrogen and oxygen atoms in total. The zero-order valence-electron chi connectivity index (χ0n) is 23.3. The van der Waals surface area contributed by atoms with Gasteiger partial charge in [0.2, 0.25) is 5.75 Å². The van der Waals surface area contributed by atoms with Crippen LogP contribution in [0.25, 0.3) is 22.3 Å². The van der Waals surface area contributed by atoms with Crippen LogP contribution >= 0.6 is 11.6 Å². The van der Waals surface area contributed by atoms with Crippen molar-refractivity contribution in [2.75, 3.05) is 6.61 Å². The van der Waals surface area contributed by atoms with Gasteiger partial charge in [-0.15, -0.1) is 0 Å². The number of hydrogen-bond acceptors (Lipinski definition) is 7. The number of nitrogens with zero attached hydrogens (tertiary/aromatic N) is 4. The van der Waals surface area contributed by atoms with Gasteiger partial charge in [-0.1, -0.05) is 37.6 Å². The highest BCUT2D eigenvalue weighted by Crippen LogP contribution is 2.37. The van der Waals surface area contributed by atoms with Gasteiger partial charge in [-0.2, -0.15) is 9.78 Å². The molecule has 0 aliphatic carbocycles. The number of halogens is 1. The highest BCUT2D eigenvalue weighted by atomic mass is 35.5. The third-order valence-electron chi connectivity index (χ3n) is 6.19. The molecule has 4 aromatic rings. The predicted octanol–water partition coefficient (Wildman–Crippen LogP) is 7.13. The van der Waals surface area contributed by atoms with Gasteiger partial charge in [0.25, 0.3) is 5.56 Å². The summed E-state index contributed by atoms with van der Waals surface area (Å²) in [6.45, 7) is 12.0. The van der Waals surface area contributed by atoms with Crippen molar-refractivity contribution < 1.29 is 14.4 Å². The normalized spacial score (nSPS) is 11.6. The molecule has 0 aliphatic rings. The Labute approximate surface area is 237 Å². The van der Waals surface area contributed by atoms with Crippen LogP contribution in [0.3, 0.4) is 0 Å². The van der Waals surface area contributed by atoms with Gasteiger partial charge in [0.15, 0.2) is 5.82 Å². The number of benzene rings is 3. The molecule has 0 unspecified atom stereocenters. The maximum absolute atomic E-state index is 13.7. The lowest BCUT2D eigenvalue weighted by molar-refractivity contribution is -0.386. The minimum atomic E-state index is -0.563. The van der Waals surface area contributed by atoms with Gasteiger partial charge < -0.3 is 9.47 Å². The molecule has 40 heavy (non-hydrogen) atoms. The largest absolute Gasteiger partial charge is 0.494 e. The monoisotopic (exact) mass is 562 g/mol. The zero-order valence-corrected chi connectivity index (χ0v) is 24.0. The summed E-state index contributed by atoms with van der Waals surface area (Å²) in [6, 6.07) is 13.8. The van der Waals surface area contributed by atoms with E-state index in [2.05, 4.69) is 18.9 Å². The van der Waals surface area contributed by atoms with E-state index in [-0.39, 0.29) is 34.0 Å². The lowest BCUT2D eigenvalue weighted by Gasteiger charge is -2.18. The van der Waals surface area contributed by atoms with E-state index >= 15 is 0 Å². The lowest BCUT2D eigenvalue weighted by atomic mass is 9.96. The first-order valence-corrected chi connectivity index (χ1v) is 13.4. The summed E-state index contributed by atoms with van der Waals surface area (Å²) < 4.78 is 12.7. The van der Waals surface area contributed by atoms with Crippen molar-refractivity contribution in [3.05, 3.63) is 90.7 Å². The van der Waals surface area contributed by atoms with Gasteiger partial charge in [0, 0.05) is 17.2 Å². The number of aryl methyl sites for hydroxylation is 1. The molecular weight excluding hydrogens is 532 g/mol. The molecule has 1 aromatic heterocycles. The van der Waals surface area contributed by atoms with Crippen molar-refractivity contribution in [3.8, 4) is 22.9 Å². The molecule has 0 atom stereocenters. The van der Waals surface area contributed by atoms with Crippen molar-refractivity contribution in [1.29, 1.82) is 0 Å². The fourth-order valence-electron chi connectivity index (χ4n) is 4.36. The van der Waals surface area contributed by atoms with E-state index < -0.39 is 4.92 Å². The minimum Gasteiger partial charge on any atom is -0.494 e. The van der Waals surface area contributed by atoms with Gasteiger partial charge in [0.05, 0.1) is 39.8 Å². The Morgan fingerprint density at radius 1 is 1.15 bits per heavy atom. The van der Waals surface area contributed by atoms with E-state index in [0.717, 1.165) is 22.4 Å². The Bertz CT molecular complexity index is 1680. The maximum atomic E-state index is 13.7. The maximum Gasteiger partial charge on any atom is 0.313 e. The fraction of sp³-hybridized carbons (Fsp3) is 0.300. The molecule has 0 amide bonds. The SMILES string of the molecule is CCOc1cc(C)c(-c2nc3ccccc3c(=O)n2N=Cc2cc(Cl)c(OC(C)C)c([N+](=O)[O-])c2)cc1C(C)C. The summed E-state index contributed by atoms with van der Waals surface area (Å²) in [6.07, 6.45) is 1.04. The molecule has 0 N–H and O–H groups in total. The highest BCUT2D eigenvalue weighted by molar-refractivity contribution is 6.32. The molecule has 0 bridgehead atoms. The summed E-state index contributed by atoms with van der Waals surface area (Å²) in [7, 11) is 0.